The van der Waals surface area contributed by atoms with Gasteiger partial charge in [-0.1, -0.05) is 0 Å². The van der Waals surface area contributed by atoms with Gasteiger partial charge in [0.2, 0.25) is 0 Å². The summed E-state index contributed by atoms with van der Waals surface area (Å²) >= 11 is 0. The van der Waals surface area contributed by atoms with Gasteiger partial charge in [0.05, 0.1) is 0 Å². The van der Waals surface area contributed by atoms with Crippen LogP contribution in [0.4, 0.5) is 18.0 Å². The zero-order valence-corrected chi connectivity index (χ0v) is 5.16. The zero-order chi connectivity index (χ0) is 8.20. The third-order valence-electron chi connectivity index (χ3n) is 0.602. The fourth-order valence-corrected chi connectivity index (χ4v) is 0.214. The van der Waals surface area contributed by atoms with Crippen molar-refractivity contribution in [3.8, 4) is 0 Å². The molecule has 3 nitrogen and oxygen atoms in total. The summed E-state index contributed by atoms with van der Waals surface area (Å²) in [5, 5.41) is 1.75. The van der Waals surface area contributed by atoms with Crippen molar-refractivity contribution in [2.75, 3.05) is 13.7 Å². The number of halogens is 3. The number of alkyl halides is 3. The number of rotatable bonds is 2. The number of hydrogen-bond donors (Lipinski definition) is 1. The van der Waals surface area contributed by atoms with Crippen molar-refractivity contribution in [1.82, 2.24) is 5.32 Å². The summed E-state index contributed by atoms with van der Waals surface area (Å²) in [4.78, 5) is 10.0. The Morgan fingerprint density at radius 2 is 2.20 bits per heavy atom. The maximum Gasteiger partial charge on any atom is 0.430 e. The number of hydrogen-bond acceptors (Lipinski definition) is 2. The van der Waals surface area contributed by atoms with Gasteiger partial charge in [-0.15, -0.1) is 0 Å². The minimum absolute atomic E-state index is 1.09. The lowest BCUT2D eigenvalue weighted by Crippen LogP contribution is -2.32. The van der Waals surface area contributed by atoms with Crippen LogP contribution < -0.4 is 5.32 Å². The summed E-state index contributed by atoms with van der Waals surface area (Å²) in [7, 11) is 1.09. The van der Waals surface area contributed by atoms with Gasteiger partial charge in [-0.3, -0.25) is 0 Å². The second kappa shape index (κ2) is 3.28. The fraction of sp³-hybridized carbons (Fsp3) is 0.750. The van der Waals surface area contributed by atoms with Crippen molar-refractivity contribution in [1.29, 1.82) is 0 Å². The Kier molecular flexibility index (Phi) is 2.98. The lowest BCUT2D eigenvalue weighted by Gasteiger charge is -2.11. The number of carbonyl (C=O) groups is 1. The van der Waals surface area contributed by atoms with Gasteiger partial charge < -0.3 is 10.1 Å². The molecule has 0 unspecified atom stereocenters. The molecule has 6 heteroatoms. The highest BCUT2D eigenvalue weighted by Gasteiger charge is 2.33. The van der Waals surface area contributed by atoms with Gasteiger partial charge in [0.25, 0.3) is 0 Å². The van der Waals surface area contributed by atoms with Crippen LogP contribution in [0.15, 0.2) is 0 Å². The van der Waals surface area contributed by atoms with Crippen molar-refractivity contribution in [2.24, 2.45) is 0 Å². The highest BCUT2D eigenvalue weighted by molar-refractivity contribution is 5.66. The molecule has 0 aliphatic rings. The number of carbonyl (C=O) groups excluding carboxylic acids is 1. The highest BCUT2D eigenvalue weighted by Crippen LogP contribution is 2.14. The quantitative estimate of drug-likeness (QED) is 0.646. The van der Waals surface area contributed by atoms with Crippen LogP contribution in [0.25, 0.3) is 0 Å². The van der Waals surface area contributed by atoms with Crippen molar-refractivity contribution in [3.63, 3.8) is 0 Å². The van der Waals surface area contributed by atoms with Crippen molar-refractivity contribution < 1.29 is 22.7 Å². The van der Waals surface area contributed by atoms with Crippen LogP contribution in [0.5, 0.6) is 0 Å². The molecule has 0 aromatic heterocycles. The number of nitrogens with one attached hydrogen (secondary N) is 1. The van der Waals surface area contributed by atoms with E-state index < -0.39 is 18.9 Å². The number of amides is 1. The number of ether oxygens (including phenoxy) is 1. The molecule has 0 heterocycles. The minimum Gasteiger partial charge on any atom is -0.382 e. The lowest BCUT2D eigenvalue weighted by atomic mass is 10.7. The summed E-state index contributed by atoms with van der Waals surface area (Å²) in [6, 6.07) is 0. The predicted molar refractivity (Wildman–Crippen MR) is 26.5 cm³/mol. The SMILES string of the molecule is CNC(=O)OC(F)(F)CF. The molecule has 0 aromatic rings. The van der Waals surface area contributed by atoms with E-state index in [9.17, 15) is 18.0 Å². The van der Waals surface area contributed by atoms with Crippen LogP contribution in [0, 0.1) is 0 Å². The summed E-state index contributed by atoms with van der Waals surface area (Å²) in [6.45, 7) is -2.01. The Labute approximate surface area is 55.2 Å². The fourth-order valence-electron chi connectivity index (χ4n) is 0.214. The molecule has 1 amide bonds. The molecule has 10 heavy (non-hydrogen) atoms. The Bertz CT molecular complexity index is 128. The van der Waals surface area contributed by atoms with Crippen LogP contribution in [0.2, 0.25) is 0 Å². The van der Waals surface area contributed by atoms with E-state index in [1.54, 1.807) is 5.32 Å². The topological polar surface area (TPSA) is 38.3 Å². The monoisotopic (exact) mass is 157 g/mol. The first-order valence-corrected chi connectivity index (χ1v) is 2.36. The molecule has 60 valence electrons. The smallest absolute Gasteiger partial charge is 0.382 e. The molecule has 0 radical (unpaired) electrons. The first-order valence-electron chi connectivity index (χ1n) is 2.36. The van der Waals surface area contributed by atoms with Gasteiger partial charge in [0, 0.05) is 7.05 Å². The molecule has 0 spiro atoms. The maximum atomic E-state index is 11.7. The van der Waals surface area contributed by atoms with E-state index >= 15 is 0 Å². The van der Waals surface area contributed by atoms with E-state index in [0.29, 0.717) is 0 Å². The predicted octanol–water partition coefficient (Wildman–Crippen LogP) is 0.905. The van der Waals surface area contributed by atoms with Crippen LogP contribution >= 0.6 is 0 Å². The Hall–Kier alpha value is -0.940. The molecular formula is C4H6F3NO2. The first kappa shape index (κ1) is 9.06. The summed E-state index contributed by atoms with van der Waals surface area (Å²) in [5.41, 5.74) is 0. The molecule has 1 N–H and O–H groups in total. The van der Waals surface area contributed by atoms with Crippen LogP contribution in [0.1, 0.15) is 0 Å². The molecule has 0 bridgehead atoms. The third kappa shape index (κ3) is 3.16. The van der Waals surface area contributed by atoms with E-state index in [1.165, 1.54) is 0 Å². The number of alkyl carbamates (subject to hydrolysis) is 1. The van der Waals surface area contributed by atoms with E-state index in [4.69, 9.17) is 0 Å². The van der Waals surface area contributed by atoms with Crippen LogP contribution in [0.3, 0.4) is 0 Å². The zero-order valence-electron chi connectivity index (χ0n) is 5.16. The Balaban J connectivity index is 3.76. The minimum atomic E-state index is -4.01. The standard InChI is InChI=1S/C4H6F3NO2/c1-8-3(9)10-4(6,7)2-5/h2H2,1H3,(H,8,9). The van der Waals surface area contributed by atoms with E-state index in [0.717, 1.165) is 7.05 Å². The van der Waals surface area contributed by atoms with Gasteiger partial charge in [-0.05, 0) is 0 Å². The largest absolute Gasteiger partial charge is 0.430 e. The van der Waals surface area contributed by atoms with Gasteiger partial charge in [0.1, 0.15) is 0 Å². The van der Waals surface area contributed by atoms with E-state index in [2.05, 4.69) is 4.74 Å². The molecule has 0 saturated carbocycles. The average Bonchev–Trinajstić information content (AvgIpc) is 1.87. The molecule has 0 saturated heterocycles. The molecule has 0 atom stereocenters. The van der Waals surface area contributed by atoms with E-state index in [-0.39, 0.29) is 0 Å². The lowest BCUT2D eigenvalue weighted by molar-refractivity contribution is -0.206. The van der Waals surface area contributed by atoms with E-state index in [1.807, 2.05) is 0 Å². The molecule has 0 aliphatic carbocycles. The maximum absolute atomic E-state index is 11.7. The van der Waals surface area contributed by atoms with Crippen LogP contribution in [-0.4, -0.2) is 25.9 Å². The van der Waals surface area contributed by atoms with Gasteiger partial charge in [-0.25, -0.2) is 9.18 Å². The Morgan fingerprint density at radius 3 is 2.50 bits per heavy atom. The normalized spacial score (nSPS) is 10.8. The summed E-state index contributed by atoms with van der Waals surface area (Å²) in [6.07, 6.45) is -5.37. The average molecular weight is 157 g/mol. The van der Waals surface area contributed by atoms with Crippen molar-refractivity contribution in [3.05, 3.63) is 0 Å². The van der Waals surface area contributed by atoms with Crippen molar-refractivity contribution >= 4 is 6.09 Å². The summed E-state index contributed by atoms with van der Waals surface area (Å²) < 4.78 is 38.0. The molecule has 0 fully saturated rings. The van der Waals surface area contributed by atoms with Crippen LogP contribution in [-0.2, 0) is 4.74 Å². The second-order valence-electron chi connectivity index (χ2n) is 1.41. The third-order valence-corrected chi connectivity index (χ3v) is 0.602. The molecular weight excluding hydrogens is 151 g/mol. The van der Waals surface area contributed by atoms with Crippen molar-refractivity contribution in [2.45, 2.75) is 6.11 Å². The molecule has 0 aliphatic heterocycles. The van der Waals surface area contributed by atoms with Gasteiger partial charge in [-0.2, -0.15) is 8.78 Å². The highest BCUT2D eigenvalue weighted by atomic mass is 19.3. The van der Waals surface area contributed by atoms with Gasteiger partial charge >= 0.3 is 12.2 Å². The molecule has 0 aromatic carbocycles. The second-order valence-corrected chi connectivity index (χ2v) is 1.41. The Morgan fingerprint density at radius 1 is 1.70 bits per heavy atom. The first-order chi connectivity index (χ1) is 4.52. The molecule has 0 rings (SSSR count). The summed E-state index contributed by atoms with van der Waals surface area (Å²) in [5.74, 6) is 0. The van der Waals surface area contributed by atoms with Gasteiger partial charge in [0.15, 0.2) is 6.67 Å².